The Morgan fingerprint density at radius 2 is 2.00 bits per heavy atom. The van der Waals surface area contributed by atoms with Crippen LogP contribution in [0.2, 0.25) is 0 Å². The Kier molecular flexibility index (Phi) is 1.69. The average Bonchev–Trinajstić information content (AvgIpc) is 1.52. The molecule has 1 rings (SSSR count). The van der Waals surface area contributed by atoms with Gasteiger partial charge in [-0.25, -0.2) is 4.39 Å². The molecule has 11 heavy (non-hydrogen) atoms. The van der Waals surface area contributed by atoms with Gasteiger partial charge in [-0.15, -0.1) is 0 Å². The van der Waals surface area contributed by atoms with E-state index >= 15 is 0 Å². The Labute approximate surface area is 65.4 Å². The molecule has 0 spiro atoms. The smallest absolute Gasteiger partial charge is 0.312 e. The second-order valence-corrected chi connectivity index (χ2v) is 3.71. The summed E-state index contributed by atoms with van der Waals surface area (Å²) in [7, 11) is 0. The number of hydrogen-bond donors (Lipinski definition) is 1. The number of aliphatic carboxylic acids is 1. The number of carbonyl (C=O) groups is 1. The van der Waals surface area contributed by atoms with E-state index in [1.807, 2.05) is 0 Å². The van der Waals surface area contributed by atoms with E-state index in [0.717, 1.165) is 6.42 Å². The SMILES string of the molecule is CC(C)(F)C1(C(=O)O)CCC1. The van der Waals surface area contributed by atoms with Gasteiger partial charge in [0, 0.05) is 0 Å². The fourth-order valence-corrected chi connectivity index (χ4v) is 1.59. The van der Waals surface area contributed by atoms with E-state index in [9.17, 15) is 9.18 Å². The Hall–Kier alpha value is -0.600. The van der Waals surface area contributed by atoms with Crippen LogP contribution in [-0.2, 0) is 4.79 Å². The van der Waals surface area contributed by atoms with Gasteiger partial charge >= 0.3 is 5.97 Å². The molecule has 3 heteroatoms. The van der Waals surface area contributed by atoms with Crippen LogP contribution in [0.25, 0.3) is 0 Å². The fourth-order valence-electron chi connectivity index (χ4n) is 1.59. The zero-order valence-corrected chi connectivity index (χ0v) is 6.85. The minimum Gasteiger partial charge on any atom is -0.481 e. The number of hydrogen-bond acceptors (Lipinski definition) is 1. The number of carboxylic acid groups (broad SMARTS) is 1. The summed E-state index contributed by atoms with van der Waals surface area (Å²) >= 11 is 0. The van der Waals surface area contributed by atoms with Crippen LogP contribution in [0, 0.1) is 5.41 Å². The molecule has 1 N–H and O–H groups in total. The predicted molar refractivity (Wildman–Crippen MR) is 39.1 cm³/mol. The normalized spacial score (nSPS) is 22.5. The summed E-state index contributed by atoms with van der Waals surface area (Å²) in [5, 5.41) is 8.78. The lowest BCUT2D eigenvalue weighted by molar-refractivity contribution is -0.168. The van der Waals surface area contributed by atoms with Gasteiger partial charge in [0.15, 0.2) is 0 Å². The van der Waals surface area contributed by atoms with Crippen molar-refractivity contribution in [3.8, 4) is 0 Å². The summed E-state index contributed by atoms with van der Waals surface area (Å²) in [6.45, 7) is 2.70. The van der Waals surface area contributed by atoms with Crippen LogP contribution in [0.5, 0.6) is 0 Å². The van der Waals surface area contributed by atoms with Crippen molar-refractivity contribution in [2.75, 3.05) is 0 Å². The molecule has 0 aromatic rings. The molecule has 0 bridgehead atoms. The van der Waals surface area contributed by atoms with Crippen LogP contribution in [0.15, 0.2) is 0 Å². The molecular weight excluding hydrogens is 147 g/mol. The molecule has 0 aromatic heterocycles. The summed E-state index contributed by atoms with van der Waals surface area (Å²) in [4.78, 5) is 10.7. The molecule has 1 aliphatic carbocycles. The minimum atomic E-state index is -1.59. The van der Waals surface area contributed by atoms with Crippen LogP contribution in [0.4, 0.5) is 4.39 Å². The van der Waals surface area contributed by atoms with Gasteiger partial charge in [-0.1, -0.05) is 6.42 Å². The predicted octanol–water partition coefficient (Wildman–Crippen LogP) is 1.99. The van der Waals surface area contributed by atoms with E-state index in [1.165, 1.54) is 13.8 Å². The molecule has 0 atom stereocenters. The molecule has 2 nitrogen and oxygen atoms in total. The van der Waals surface area contributed by atoms with Crippen molar-refractivity contribution in [3.05, 3.63) is 0 Å². The van der Waals surface area contributed by atoms with E-state index in [2.05, 4.69) is 0 Å². The zero-order valence-electron chi connectivity index (χ0n) is 6.85. The van der Waals surface area contributed by atoms with Crippen molar-refractivity contribution in [1.29, 1.82) is 0 Å². The van der Waals surface area contributed by atoms with Crippen LogP contribution in [0.1, 0.15) is 33.1 Å². The molecular formula is C8H13FO2. The summed E-state index contributed by atoms with van der Waals surface area (Å²) < 4.78 is 13.4. The van der Waals surface area contributed by atoms with Crippen molar-refractivity contribution in [1.82, 2.24) is 0 Å². The van der Waals surface area contributed by atoms with E-state index < -0.39 is 17.1 Å². The Morgan fingerprint density at radius 1 is 1.55 bits per heavy atom. The highest BCUT2D eigenvalue weighted by Crippen LogP contribution is 2.51. The quantitative estimate of drug-likeness (QED) is 0.670. The highest BCUT2D eigenvalue weighted by molar-refractivity contribution is 5.77. The molecule has 64 valence electrons. The number of carboxylic acids is 1. The fraction of sp³-hybridized carbons (Fsp3) is 0.875. The van der Waals surface area contributed by atoms with Gasteiger partial charge in [-0.2, -0.15) is 0 Å². The van der Waals surface area contributed by atoms with Gasteiger partial charge in [-0.05, 0) is 26.7 Å². The Bertz CT molecular complexity index is 177. The van der Waals surface area contributed by atoms with Gasteiger partial charge in [0.05, 0.1) is 0 Å². The maximum Gasteiger partial charge on any atom is 0.312 e. The summed E-state index contributed by atoms with van der Waals surface area (Å²) in [6.07, 6.45) is 1.79. The van der Waals surface area contributed by atoms with Crippen molar-refractivity contribution in [2.24, 2.45) is 5.41 Å². The second-order valence-electron chi connectivity index (χ2n) is 3.71. The first-order chi connectivity index (χ1) is 4.90. The average molecular weight is 160 g/mol. The van der Waals surface area contributed by atoms with Crippen LogP contribution < -0.4 is 0 Å². The highest BCUT2D eigenvalue weighted by Gasteiger charge is 2.56. The minimum absolute atomic E-state index is 0.478. The van der Waals surface area contributed by atoms with Gasteiger partial charge in [0.1, 0.15) is 11.1 Å². The molecule has 1 aliphatic rings. The first-order valence-corrected chi connectivity index (χ1v) is 3.82. The van der Waals surface area contributed by atoms with Crippen LogP contribution in [-0.4, -0.2) is 16.7 Å². The van der Waals surface area contributed by atoms with Gasteiger partial charge < -0.3 is 5.11 Å². The van der Waals surface area contributed by atoms with Crippen LogP contribution >= 0.6 is 0 Å². The molecule has 1 fully saturated rings. The molecule has 0 unspecified atom stereocenters. The summed E-state index contributed by atoms with van der Waals surface area (Å²) in [5.41, 5.74) is -2.68. The van der Waals surface area contributed by atoms with E-state index in [0.29, 0.717) is 12.8 Å². The Balaban J connectivity index is 2.85. The molecule has 0 amide bonds. The van der Waals surface area contributed by atoms with Crippen molar-refractivity contribution in [3.63, 3.8) is 0 Å². The maximum atomic E-state index is 13.4. The first kappa shape index (κ1) is 8.50. The lowest BCUT2D eigenvalue weighted by Crippen LogP contribution is -2.51. The lowest BCUT2D eigenvalue weighted by Gasteiger charge is -2.44. The van der Waals surface area contributed by atoms with Gasteiger partial charge in [0.2, 0.25) is 0 Å². The van der Waals surface area contributed by atoms with E-state index in [4.69, 9.17) is 5.11 Å². The second kappa shape index (κ2) is 2.19. The molecule has 0 saturated heterocycles. The van der Waals surface area contributed by atoms with Gasteiger partial charge in [0.25, 0.3) is 0 Å². The standard InChI is InChI=1S/C8H13FO2/c1-7(2,9)8(6(10)11)4-3-5-8/h3-5H2,1-2H3,(H,10,11). The third-order valence-corrected chi connectivity index (χ3v) is 2.75. The summed E-state index contributed by atoms with van der Waals surface area (Å²) in [6, 6.07) is 0. The highest BCUT2D eigenvalue weighted by atomic mass is 19.1. The maximum absolute atomic E-state index is 13.4. The van der Waals surface area contributed by atoms with E-state index in [1.54, 1.807) is 0 Å². The van der Waals surface area contributed by atoms with Crippen molar-refractivity contribution >= 4 is 5.97 Å². The zero-order chi connectivity index (χ0) is 8.70. The third-order valence-electron chi connectivity index (χ3n) is 2.75. The molecule has 0 aliphatic heterocycles. The molecule has 0 heterocycles. The number of halogens is 1. The van der Waals surface area contributed by atoms with Gasteiger partial charge in [-0.3, -0.25) is 4.79 Å². The van der Waals surface area contributed by atoms with E-state index in [-0.39, 0.29) is 0 Å². The number of rotatable bonds is 2. The molecule has 0 aromatic carbocycles. The monoisotopic (exact) mass is 160 g/mol. The number of alkyl halides is 1. The topological polar surface area (TPSA) is 37.3 Å². The summed E-state index contributed by atoms with van der Waals surface area (Å²) in [5.74, 6) is -0.990. The largest absolute Gasteiger partial charge is 0.481 e. The third kappa shape index (κ3) is 1.03. The van der Waals surface area contributed by atoms with Crippen LogP contribution in [0.3, 0.4) is 0 Å². The van der Waals surface area contributed by atoms with Crippen molar-refractivity contribution < 1.29 is 14.3 Å². The molecule has 0 radical (unpaired) electrons. The lowest BCUT2D eigenvalue weighted by atomic mass is 9.60. The Morgan fingerprint density at radius 3 is 2.00 bits per heavy atom. The van der Waals surface area contributed by atoms with Crippen molar-refractivity contribution in [2.45, 2.75) is 38.8 Å². The molecule has 1 saturated carbocycles. The first-order valence-electron chi connectivity index (χ1n) is 3.82.